The minimum atomic E-state index is -0.896. The molecule has 0 unspecified atom stereocenters. The minimum Gasteiger partial charge on any atom is -0.490 e. The van der Waals surface area contributed by atoms with Crippen molar-refractivity contribution in [2.45, 2.75) is 18.9 Å². The number of fused-ring (bicyclic) bond motifs is 1. The maximum atomic E-state index is 11.8. The lowest BCUT2D eigenvalue weighted by Crippen LogP contribution is -2.41. The molecule has 2 amide bonds. The minimum absolute atomic E-state index is 0.0557. The third-order valence-electron chi connectivity index (χ3n) is 4.69. The van der Waals surface area contributed by atoms with Crippen LogP contribution in [0.5, 0.6) is 5.75 Å². The number of amides is 2. The SMILES string of the molecule is N=C1NC(=O)/C(=C/c2ccc3nccc(OC4CCN(C(=O)O)CC4)c3c2)S1. The van der Waals surface area contributed by atoms with Crippen molar-refractivity contribution in [3.05, 3.63) is 40.9 Å². The summed E-state index contributed by atoms with van der Waals surface area (Å²) < 4.78 is 6.16. The number of piperidine rings is 1. The zero-order valence-corrected chi connectivity index (χ0v) is 15.7. The molecule has 1 aromatic carbocycles. The van der Waals surface area contributed by atoms with E-state index in [4.69, 9.17) is 15.3 Å². The number of carbonyl (C=O) groups excluding carboxylic acids is 1. The fourth-order valence-electron chi connectivity index (χ4n) is 3.27. The van der Waals surface area contributed by atoms with E-state index in [0.29, 0.717) is 36.6 Å². The largest absolute Gasteiger partial charge is 0.490 e. The number of hydrogen-bond acceptors (Lipinski definition) is 6. The smallest absolute Gasteiger partial charge is 0.407 e. The van der Waals surface area contributed by atoms with Crippen molar-refractivity contribution in [2.24, 2.45) is 0 Å². The summed E-state index contributed by atoms with van der Waals surface area (Å²) in [5, 5.41) is 20.0. The number of ether oxygens (including phenoxy) is 1. The molecule has 2 saturated heterocycles. The Morgan fingerprint density at radius 2 is 2.14 bits per heavy atom. The Hall–Kier alpha value is -3.07. The maximum absolute atomic E-state index is 11.8. The van der Waals surface area contributed by atoms with Crippen LogP contribution in [-0.4, -0.2) is 51.4 Å². The molecular formula is C19H18N4O4S. The van der Waals surface area contributed by atoms with Crippen LogP contribution in [0.25, 0.3) is 17.0 Å². The molecule has 3 N–H and O–H groups in total. The van der Waals surface area contributed by atoms with E-state index in [1.807, 2.05) is 18.2 Å². The molecule has 0 atom stereocenters. The van der Waals surface area contributed by atoms with E-state index in [1.54, 1.807) is 18.3 Å². The number of benzene rings is 1. The second-order valence-corrected chi connectivity index (χ2v) is 7.62. The number of nitrogens with zero attached hydrogens (tertiary/aromatic N) is 2. The normalized spacial score (nSPS) is 19.3. The quantitative estimate of drug-likeness (QED) is 0.685. The van der Waals surface area contributed by atoms with Gasteiger partial charge in [-0.3, -0.25) is 15.2 Å². The molecule has 0 radical (unpaired) electrons. The lowest BCUT2D eigenvalue weighted by molar-refractivity contribution is -0.115. The van der Waals surface area contributed by atoms with E-state index >= 15 is 0 Å². The Labute approximate surface area is 165 Å². The summed E-state index contributed by atoms with van der Waals surface area (Å²) in [5.74, 6) is 0.415. The number of likely N-dealkylation sites (tertiary alicyclic amines) is 1. The second kappa shape index (κ2) is 7.51. The highest BCUT2D eigenvalue weighted by molar-refractivity contribution is 8.18. The number of carboxylic acid groups (broad SMARTS) is 1. The summed E-state index contributed by atoms with van der Waals surface area (Å²) in [5.41, 5.74) is 1.59. The molecule has 0 bridgehead atoms. The molecule has 1 aromatic heterocycles. The van der Waals surface area contributed by atoms with Gasteiger partial charge in [0, 0.05) is 37.5 Å². The molecule has 2 aliphatic rings. The van der Waals surface area contributed by atoms with Gasteiger partial charge in [-0.15, -0.1) is 0 Å². The Morgan fingerprint density at radius 3 is 2.82 bits per heavy atom. The number of pyridine rings is 1. The lowest BCUT2D eigenvalue weighted by atomic mass is 10.1. The predicted octanol–water partition coefficient (Wildman–Crippen LogP) is 2.89. The fraction of sp³-hybridized carbons (Fsp3) is 0.263. The van der Waals surface area contributed by atoms with E-state index in [9.17, 15) is 9.59 Å². The first kappa shape index (κ1) is 18.3. The van der Waals surface area contributed by atoms with Crippen molar-refractivity contribution >= 4 is 45.9 Å². The van der Waals surface area contributed by atoms with Gasteiger partial charge < -0.3 is 20.1 Å². The molecule has 2 fully saturated rings. The van der Waals surface area contributed by atoms with Crippen molar-refractivity contribution in [1.29, 1.82) is 5.41 Å². The molecule has 2 aromatic rings. The zero-order chi connectivity index (χ0) is 19.7. The highest BCUT2D eigenvalue weighted by Crippen LogP contribution is 2.30. The molecule has 0 aliphatic carbocycles. The average molecular weight is 398 g/mol. The van der Waals surface area contributed by atoms with Crippen molar-refractivity contribution in [3.8, 4) is 5.75 Å². The molecule has 8 nitrogen and oxygen atoms in total. The van der Waals surface area contributed by atoms with Gasteiger partial charge in [0.05, 0.1) is 10.4 Å². The van der Waals surface area contributed by atoms with E-state index in [0.717, 1.165) is 28.2 Å². The van der Waals surface area contributed by atoms with Gasteiger partial charge in [0.15, 0.2) is 5.17 Å². The molecule has 4 rings (SSSR count). The van der Waals surface area contributed by atoms with E-state index < -0.39 is 6.09 Å². The summed E-state index contributed by atoms with van der Waals surface area (Å²) in [6.07, 6.45) is 3.75. The number of aromatic nitrogens is 1. The van der Waals surface area contributed by atoms with E-state index in [2.05, 4.69) is 10.3 Å². The van der Waals surface area contributed by atoms with Crippen LogP contribution in [0.4, 0.5) is 4.79 Å². The van der Waals surface area contributed by atoms with Gasteiger partial charge in [0.2, 0.25) is 0 Å². The standard InChI is InChI=1S/C19H18N4O4S/c20-18-22-17(24)16(28-18)10-11-1-2-14-13(9-11)15(3-6-21-14)27-12-4-7-23(8-5-12)19(25)26/h1-3,6,9-10,12H,4-5,7-8H2,(H,25,26)(H2,20,22,24)/b16-10-. The Bertz CT molecular complexity index is 999. The Morgan fingerprint density at radius 1 is 1.36 bits per heavy atom. The number of amidine groups is 1. The number of hydrogen-bond donors (Lipinski definition) is 3. The predicted molar refractivity (Wildman–Crippen MR) is 106 cm³/mol. The van der Waals surface area contributed by atoms with E-state index in [-0.39, 0.29) is 17.2 Å². The highest BCUT2D eigenvalue weighted by atomic mass is 32.2. The summed E-state index contributed by atoms with van der Waals surface area (Å²) in [6, 6.07) is 7.44. The third-order valence-corrected chi connectivity index (χ3v) is 5.52. The molecule has 9 heteroatoms. The molecular weight excluding hydrogens is 380 g/mol. The van der Waals surface area contributed by atoms with Gasteiger partial charge in [-0.05, 0) is 41.6 Å². The Kier molecular flexibility index (Phi) is 4.91. The van der Waals surface area contributed by atoms with Gasteiger partial charge in [-0.25, -0.2) is 4.79 Å². The number of carbonyl (C=O) groups is 2. The summed E-state index contributed by atoms with van der Waals surface area (Å²) in [4.78, 5) is 29.1. The van der Waals surface area contributed by atoms with Crippen molar-refractivity contribution in [1.82, 2.24) is 15.2 Å². The molecule has 3 heterocycles. The van der Waals surface area contributed by atoms with Crippen LogP contribution in [0, 0.1) is 5.41 Å². The molecule has 28 heavy (non-hydrogen) atoms. The highest BCUT2D eigenvalue weighted by Gasteiger charge is 2.24. The van der Waals surface area contributed by atoms with Crippen LogP contribution in [0.15, 0.2) is 35.4 Å². The maximum Gasteiger partial charge on any atom is 0.407 e. The Balaban J connectivity index is 1.57. The molecule has 0 saturated carbocycles. The first-order valence-corrected chi connectivity index (χ1v) is 9.64. The zero-order valence-electron chi connectivity index (χ0n) is 14.8. The van der Waals surface area contributed by atoms with Crippen molar-refractivity contribution < 1.29 is 19.4 Å². The number of thioether (sulfide) groups is 1. The van der Waals surface area contributed by atoms with Gasteiger partial charge in [-0.2, -0.15) is 0 Å². The fourth-order valence-corrected chi connectivity index (χ4v) is 3.97. The van der Waals surface area contributed by atoms with Crippen LogP contribution >= 0.6 is 11.8 Å². The topological polar surface area (TPSA) is 116 Å². The van der Waals surface area contributed by atoms with Crippen molar-refractivity contribution in [3.63, 3.8) is 0 Å². The molecule has 2 aliphatic heterocycles. The second-order valence-electron chi connectivity index (χ2n) is 6.57. The van der Waals surface area contributed by atoms with Gasteiger partial charge in [0.25, 0.3) is 5.91 Å². The van der Waals surface area contributed by atoms with Gasteiger partial charge in [-0.1, -0.05) is 6.07 Å². The third kappa shape index (κ3) is 3.79. The first-order chi connectivity index (χ1) is 13.5. The van der Waals surface area contributed by atoms with Crippen LogP contribution in [-0.2, 0) is 4.79 Å². The van der Waals surface area contributed by atoms with Crippen LogP contribution in [0.3, 0.4) is 0 Å². The summed E-state index contributed by atoms with van der Waals surface area (Å²) >= 11 is 1.09. The first-order valence-electron chi connectivity index (χ1n) is 8.82. The van der Waals surface area contributed by atoms with Crippen LogP contribution in [0.1, 0.15) is 18.4 Å². The summed E-state index contributed by atoms with van der Waals surface area (Å²) in [7, 11) is 0. The monoisotopic (exact) mass is 398 g/mol. The van der Waals surface area contributed by atoms with Crippen LogP contribution in [0.2, 0.25) is 0 Å². The van der Waals surface area contributed by atoms with Gasteiger partial charge >= 0.3 is 6.09 Å². The van der Waals surface area contributed by atoms with E-state index in [1.165, 1.54) is 4.90 Å². The lowest BCUT2D eigenvalue weighted by Gasteiger charge is -2.30. The molecule has 0 spiro atoms. The van der Waals surface area contributed by atoms with Crippen molar-refractivity contribution in [2.75, 3.05) is 13.1 Å². The van der Waals surface area contributed by atoms with Crippen LogP contribution < -0.4 is 10.1 Å². The summed E-state index contributed by atoms with van der Waals surface area (Å²) in [6.45, 7) is 0.914. The number of nitrogens with one attached hydrogen (secondary N) is 2. The van der Waals surface area contributed by atoms with Gasteiger partial charge in [0.1, 0.15) is 11.9 Å². The molecule has 144 valence electrons. The average Bonchev–Trinajstić information content (AvgIpc) is 2.99. The number of rotatable bonds is 3.